The predicted octanol–water partition coefficient (Wildman–Crippen LogP) is 4.27. The molecule has 2 aromatic carbocycles. The van der Waals surface area contributed by atoms with Gasteiger partial charge in [0.15, 0.2) is 0 Å². The SMILES string of the molecule is Cc1ccccc1CSCc1cc(C(=O)O)ccc1F. The zero-order valence-corrected chi connectivity index (χ0v) is 11.9. The van der Waals surface area contributed by atoms with Crippen molar-refractivity contribution in [3.05, 3.63) is 70.5 Å². The molecule has 2 aromatic rings. The molecule has 0 saturated heterocycles. The Hall–Kier alpha value is -1.81. The van der Waals surface area contributed by atoms with Crippen molar-refractivity contribution in [3.8, 4) is 0 Å². The molecule has 0 fully saturated rings. The number of aryl methyl sites for hydroxylation is 1. The lowest BCUT2D eigenvalue weighted by Gasteiger charge is -2.07. The molecule has 2 rings (SSSR count). The molecule has 104 valence electrons. The molecular formula is C16H15FO2S. The molecule has 0 aromatic heterocycles. The van der Waals surface area contributed by atoms with Gasteiger partial charge in [-0.25, -0.2) is 9.18 Å². The number of aromatic carboxylic acids is 1. The predicted molar refractivity (Wildman–Crippen MR) is 79.5 cm³/mol. The Morgan fingerprint density at radius 2 is 1.85 bits per heavy atom. The van der Waals surface area contributed by atoms with Crippen LogP contribution in [0.5, 0.6) is 0 Å². The normalized spacial score (nSPS) is 10.5. The van der Waals surface area contributed by atoms with E-state index >= 15 is 0 Å². The van der Waals surface area contributed by atoms with Gasteiger partial charge >= 0.3 is 5.97 Å². The number of benzene rings is 2. The summed E-state index contributed by atoms with van der Waals surface area (Å²) in [6, 6.07) is 12.0. The van der Waals surface area contributed by atoms with E-state index < -0.39 is 5.97 Å². The minimum Gasteiger partial charge on any atom is -0.478 e. The molecule has 0 atom stereocenters. The van der Waals surface area contributed by atoms with Crippen LogP contribution in [0.2, 0.25) is 0 Å². The van der Waals surface area contributed by atoms with Crippen molar-refractivity contribution in [3.63, 3.8) is 0 Å². The van der Waals surface area contributed by atoms with Crippen molar-refractivity contribution in [2.75, 3.05) is 0 Å². The minimum absolute atomic E-state index is 0.123. The van der Waals surface area contributed by atoms with Crippen LogP contribution in [0.4, 0.5) is 4.39 Å². The monoisotopic (exact) mass is 290 g/mol. The second kappa shape index (κ2) is 6.57. The van der Waals surface area contributed by atoms with Crippen LogP contribution in [-0.4, -0.2) is 11.1 Å². The van der Waals surface area contributed by atoms with Crippen LogP contribution in [0.15, 0.2) is 42.5 Å². The summed E-state index contributed by atoms with van der Waals surface area (Å²) in [4.78, 5) is 10.9. The van der Waals surface area contributed by atoms with Crippen LogP contribution in [0, 0.1) is 12.7 Å². The maximum atomic E-state index is 13.6. The third-order valence-corrected chi connectivity index (χ3v) is 4.10. The first-order valence-electron chi connectivity index (χ1n) is 6.22. The maximum absolute atomic E-state index is 13.6. The number of thioether (sulfide) groups is 1. The molecule has 0 aliphatic rings. The highest BCUT2D eigenvalue weighted by molar-refractivity contribution is 7.97. The second-order valence-electron chi connectivity index (χ2n) is 4.53. The number of rotatable bonds is 5. The Morgan fingerprint density at radius 3 is 2.55 bits per heavy atom. The molecule has 0 unspecified atom stereocenters. The number of carboxylic acids is 1. The third kappa shape index (κ3) is 3.61. The van der Waals surface area contributed by atoms with Crippen LogP contribution in [0.1, 0.15) is 27.0 Å². The first-order valence-corrected chi connectivity index (χ1v) is 7.37. The smallest absolute Gasteiger partial charge is 0.335 e. The first kappa shape index (κ1) is 14.6. The molecular weight excluding hydrogens is 275 g/mol. The van der Waals surface area contributed by atoms with Gasteiger partial charge in [0.2, 0.25) is 0 Å². The number of hydrogen-bond acceptors (Lipinski definition) is 2. The largest absolute Gasteiger partial charge is 0.478 e. The first-order chi connectivity index (χ1) is 9.58. The Balaban J connectivity index is 2.02. The van der Waals surface area contributed by atoms with Gasteiger partial charge in [-0.15, -0.1) is 0 Å². The summed E-state index contributed by atoms with van der Waals surface area (Å²) in [7, 11) is 0. The van der Waals surface area contributed by atoms with E-state index in [4.69, 9.17) is 5.11 Å². The van der Waals surface area contributed by atoms with Crippen molar-refractivity contribution >= 4 is 17.7 Å². The fourth-order valence-corrected chi connectivity index (χ4v) is 2.95. The van der Waals surface area contributed by atoms with E-state index in [0.29, 0.717) is 11.3 Å². The summed E-state index contributed by atoms with van der Waals surface area (Å²) in [6.45, 7) is 2.04. The summed E-state index contributed by atoms with van der Waals surface area (Å²) in [6.07, 6.45) is 0. The van der Waals surface area contributed by atoms with Gasteiger partial charge in [-0.1, -0.05) is 24.3 Å². The standard InChI is InChI=1S/C16H15FO2S/c1-11-4-2-3-5-13(11)9-20-10-14-8-12(16(18)19)6-7-15(14)17/h2-8H,9-10H2,1H3,(H,18,19). The lowest BCUT2D eigenvalue weighted by Crippen LogP contribution is -1.99. The summed E-state index contributed by atoms with van der Waals surface area (Å²) < 4.78 is 13.6. The van der Waals surface area contributed by atoms with Crippen molar-refractivity contribution < 1.29 is 14.3 Å². The molecule has 2 nitrogen and oxygen atoms in total. The molecule has 4 heteroatoms. The van der Waals surface area contributed by atoms with Gasteiger partial charge in [0, 0.05) is 11.5 Å². The van der Waals surface area contributed by atoms with E-state index in [1.807, 2.05) is 31.2 Å². The van der Waals surface area contributed by atoms with E-state index in [0.717, 1.165) is 5.75 Å². The fraction of sp³-hybridized carbons (Fsp3) is 0.188. The Bertz CT molecular complexity index is 626. The van der Waals surface area contributed by atoms with E-state index in [-0.39, 0.29) is 11.4 Å². The second-order valence-corrected chi connectivity index (χ2v) is 5.52. The van der Waals surface area contributed by atoms with Crippen LogP contribution < -0.4 is 0 Å². The Morgan fingerprint density at radius 1 is 1.15 bits per heavy atom. The summed E-state index contributed by atoms with van der Waals surface area (Å²) in [5, 5.41) is 8.91. The van der Waals surface area contributed by atoms with Gasteiger partial charge in [-0.2, -0.15) is 11.8 Å². The molecule has 0 aliphatic carbocycles. The van der Waals surface area contributed by atoms with Crippen LogP contribution in [0.3, 0.4) is 0 Å². The zero-order valence-electron chi connectivity index (χ0n) is 11.1. The lowest BCUT2D eigenvalue weighted by molar-refractivity contribution is 0.0696. The van der Waals surface area contributed by atoms with Gasteiger partial charge in [-0.05, 0) is 41.8 Å². The highest BCUT2D eigenvalue weighted by Gasteiger charge is 2.08. The van der Waals surface area contributed by atoms with E-state index in [9.17, 15) is 9.18 Å². The maximum Gasteiger partial charge on any atom is 0.335 e. The van der Waals surface area contributed by atoms with Crippen LogP contribution >= 0.6 is 11.8 Å². The number of halogens is 1. The summed E-state index contributed by atoms with van der Waals surface area (Å²) in [5.41, 5.74) is 2.98. The summed E-state index contributed by atoms with van der Waals surface area (Å²) >= 11 is 1.58. The molecule has 0 radical (unpaired) electrons. The molecule has 0 bridgehead atoms. The average Bonchev–Trinajstić information content (AvgIpc) is 2.42. The highest BCUT2D eigenvalue weighted by Crippen LogP contribution is 2.22. The third-order valence-electron chi connectivity index (χ3n) is 3.07. The van der Waals surface area contributed by atoms with Gasteiger partial charge in [0.25, 0.3) is 0 Å². The van der Waals surface area contributed by atoms with E-state index in [1.165, 1.54) is 29.3 Å². The molecule has 0 heterocycles. The average molecular weight is 290 g/mol. The van der Waals surface area contributed by atoms with Gasteiger partial charge in [0.1, 0.15) is 5.82 Å². The topological polar surface area (TPSA) is 37.3 Å². The van der Waals surface area contributed by atoms with E-state index in [2.05, 4.69) is 0 Å². The quantitative estimate of drug-likeness (QED) is 0.893. The highest BCUT2D eigenvalue weighted by atomic mass is 32.2. The van der Waals surface area contributed by atoms with Crippen molar-refractivity contribution in [1.29, 1.82) is 0 Å². The fourth-order valence-electron chi connectivity index (χ4n) is 1.86. The van der Waals surface area contributed by atoms with Crippen LogP contribution in [-0.2, 0) is 11.5 Å². The number of carbonyl (C=O) groups is 1. The van der Waals surface area contributed by atoms with Gasteiger partial charge in [-0.3, -0.25) is 0 Å². The van der Waals surface area contributed by atoms with Crippen LogP contribution in [0.25, 0.3) is 0 Å². The molecule has 0 spiro atoms. The van der Waals surface area contributed by atoms with Crippen molar-refractivity contribution in [2.24, 2.45) is 0 Å². The number of carboxylic acid groups (broad SMARTS) is 1. The summed E-state index contributed by atoms with van der Waals surface area (Å²) in [5.74, 6) is -0.146. The van der Waals surface area contributed by atoms with E-state index in [1.54, 1.807) is 11.8 Å². The molecule has 1 N–H and O–H groups in total. The Kier molecular flexibility index (Phi) is 4.79. The molecule has 0 saturated carbocycles. The lowest BCUT2D eigenvalue weighted by atomic mass is 10.1. The molecule has 20 heavy (non-hydrogen) atoms. The molecule has 0 amide bonds. The minimum atomic E-state index is -1.03. The van der Waals surface area contributed by atoms with Gasteiger partial charge in [0.05, 0.1) is 5.56 Å². The zero-order chi connectivity index (χ0) is 14.5. The Labute approximate surface area is 121 Å². The number of hydrogen-bond donors (Lipinski definition) is 1. The molecule has 0 aliphatic heterocycles. The van der Waals surface area contributed by atoms with Crippen molar-refractivity contribution in [1.82, 2.24) is 0 Å². The van der Waals surface area contributed by atoms with Crippen molar-refractivity contribution in [2.45, 2.75) is 18.4 Å². The van der Waals surface area contributed by atoms with Gasteiger partial charge < -0.3 is 5.11 Å².